The van der Waals surface area contributed by atoms with Crippen molar-refractivity contribution in [2.45, 2.75) is 19.6 Å². The predicted molar refractivity (Wildman–Crippen MR) is 95.6 cm³/mol. The molecule has 0 spiro atoms. The summed E-state index contributed by atoms with van der Waals surface area (Å²) in [4.78, 5) is 6.50. The van der Waals surface area contributed by atoms with Crippen LogP contribution in [0.1, 0.15) is 12.0 Å². The van der Waals surface area contributed by atoms with Crippen LogP contribution in [0.25, 0.3) is 0 Å². The summed E-state index contributed by atoms with van der Waals surface area (Å²) in [6, 6.07) is 6.66. The SMILES string of the molecule is CN=C(NCc1cccc(OC(F)F)c1)N1CCC(COCCOC)C1. The number of hydrogen-bond acceptors (Lipinski definition) is 4. The molecule has 1 aliphatic heterocycles. The molecule has 0 amide bonds. The van der Waals surface area contributed by atoms with Crippen molar-refractivity contribution in [2.75, 3.05) is 47.1 Å². The van der Waals surface area contributed by atoms with Crippen molar-refractivity contribution in [3.05, 3.63) is 29.8 Å². The first-order valence-corrected chi connectivity index (χ1v) is 8.68. The molecule has 26 heavy (non-hydrogen) atoms. The fraction of sp³-hybridized carbons (Fsp3) is 0.611. The van der Waals surface area contributed by atoms with Crippen LogP contribution in [-0.2, 0) is 16.0 Å². The van der Waals surface area contributed by atoms with E-state index in [-0.39, 0.29) is 5.75 Å². The average Bonchev–Trinajstić information content (AvgIpc) is 3.08. The summed E-state index contributed by atoms with van der Waals surface area (Å²) in [5, 5.41) is 3.28. The predicted octanol–water partition coefficient (Wildman–Crippen LogP) is 2.35. The van der Waals surface area contributed by atoms with E-state index in [1.165, 1.54) is 6.07 Å². The average molecular weight is 371 g/mol. The van der Waals surface area contributed by atoms with Gasteiger partial charge in [0.2, 0.25) is 0 Å². The van der Waals surface area contributed by atoms with Gasteiger partial charge in [0.25, 0.3) is 0 Å². The third-order valence-corrected chi connectivity index (χ3v) is 4.16. The van der Waals surface area contributed by atoms with Gasteiger partial charge in [0.1, 0.15) is 5.75 Å². The summed E-state index contributed by atoms with van der Waals surface area (Å²) in [5.74, 6) is 1.42. The van der Waals surface area contributed by atoms with Crippen molar-refractivity contribution >= 4 is 5.96 Å². The van der Waals surface area contributed by atoms with Crippen LogP contribution >= 0.6 is 0 Å². The lowest BCUT2D eigenvalue weighted by Crippen LogP contribution is -2.39. The van der Waals surface area contributed by atoms with E-state index < -0.39 is 6.61 Å². The number of ether oxygens (including phenoxy) is 3. The number of likely N-dealkylation sites (tertiary alicyclic amines) is 1. The summed E-state index contributed by atoms with van der Waals surface area (Å²) in [6.07, 6.45) is 1.05. The third-order valence-electron chi connectivity index (χ3n) is 4.16. The Bertz CT molecular complexity index is 572. The smallest absolute Gasteiger partial charge is 0.387 e. The Hall–Kier alpha value is -1.93. The number of nitrogens with one attached hydrogen (secondary N) is 1. The first kappa shape index (κ1) is 20.4. The van der Waals surface area contributed by atoms with Gasteiger partial charge in [-0.3, -0.25) is 4.99 Å². The molecule has 2 rings (SSSR count). The summed E-state index contributed by atoms with van der Waals surface area (Å²) in [5.41, 5.74) is 0.850. The number of rotatable bonds is 9. The molecule has 1 atom stereocenters. The highest BCUT2D eigenvalue weighted by atomic mass is 19.3. The van der Waals surface area contributed by atoms with Crippen molar-refractivity contribution in [3.8, 4) is 5.75 Å². The molecule has 1 heterocycles. The molecule has 1 fully saturated rings. The van der Waals surface area contributed by atoms with E-state index >= 15 is 0 Å². The van der Waals surface area contributed by atoms with Gasteiger partial charge in [-0.25, -0.2) is 0 Å². The minimum absolute atomic E-state index is 0.156. The molecule has 146 valence electrons. The van der Waals surface area contributed by atoms with E-state index in [2.05, 4.69) is 19.9 Å². The zero-order chi connectivity index (χ0) is 18.8. The highest BCUT2D eigenvalue weighted by Gasteiger charge is 2.24. The Morgan fingerprint density at radius 2 is 2.23 bits per heavy atom. The molecular weight excluding hydrogens is 344 g/mol. The maximum Gasteiger partial charge on any atom is 0.387 e. The summed E-state index contributed by atoms with van der Waals surface area (Å²) >= 11 is 0. The van der Waals surface area contributed by atoms with Gasteiger partial charge < -0.3 is 24.4 Å². The molecule has 1 aromatic rings. The minimum atomic E-state index is -2.82. The Morgan fingerprint density at radius 1 is 1.38 bits per heavy atom. The third kappa shape index (κ3) is 6.76. The van der Waals surface area contributed by atoms with Crippen LogP contribution in [-0.4, -0.2) is 64.5 Å². The lowest BCUT2D eigenvalue weighted by atomic mass is 10.1. The lowest BCUT2D eigenvalue weighted by molar-refractivity contribution is -0.0498. The Balaban J connectivity index is 1.79. The van der Waals surface area contributed by atoms with Gasteiger partial charge in [0.15, 0.2) is 5.96 Å². The zero-order valence-corrected chi connectivity index (χ0v) is 15.3. The second kappa shape index (κ2) is 10.9. The molecule has 1 N–H and O–H groups in total. The second-order valence-corrected chi connectivity index (χ2v) is 6.10. The van der Waals surface area contributed by atoms with Crippen molar-refractivity contribution in [1.29, 1.82) is 0 Å². The molecule has 0 saturated carbocycles. The zero-order valence-electron chi connectivity index (χ0n) is 15.3. The van der Waals surface area contributed by atoms with Crippen LogP contribution in [0.3, 0.4) is 0 Å². The fourth-order valence-electron chi connectivity index (χ4n) is 2.90. The molecular formula is C18H27F2N3O3. The molecule has 1 aromatic carbocycles. The second-order valence-electron chi connectivity index (χ2n) is 6.10. The Kier molecular flexibility index (Phi) is 8.57. The molecule has 1 saturated heterocycles. The van der Waals surface area contributed by atoms with E-state index in [9.17, 15) is 8.78 Å². The van der Waals surface area contributed by atoms with Gasteiger partial charge in [-0.1, -0.05) is 12.1 Å². The molecule has 0 aromatic heterocycles. The van der Waals surface area contributed by atoms with Gasteiger partial charge in [-0.05, 0) is 24.1 Å². The van der Waals surface area contributed by atoms with Gasteiger partial charge >= 0.3 is 6.61 Å². The molecule has 6 nitrogen and oxygen atoms in total. The van der Waals surface area contributed by atoms with Crippen LogP contribution in [0.15, 0.2) is 29.3 Å². The van der Waals surface area contributed by atoms with Crippen molar-refractivity contribution < 1.29 is 23.0 Å². The first-order valence-electron chi connectivity index (χ1n) is 8.68. The topological polar surface area (TPSA) is 55.3 Å². The van der Waals surface area contributed by atoms with E-state index in [1.807, 2.05) is 6.07 Å². The molecule has 0 aliphatic carbocycles. The maximum absolute atomic E-state index is 12.3. The van der Waals surface area contributed by atoms with Crippen molar-refractivity contribution in [3.63, 3.8) is 0 Å². The standard InChI is InChI=1S/C18H27F2N3O3/c1-21-18(23-7-6-15(12-23)13-25-9-8-24-2)22-11-14-4-3-5-16(10-14)26-17(19)20/h3-5,10,15,17H,6-9,11-13H2,1-2H3,(H,21,22). The van der Waals surface area contributed by atoms with Crippen LogP contribution in [0.2, 0.25) is 0 Å². The van der Waals surface area contributed by atoms with Gasteiger partial charge in [0, 0.05) is 39.7 Å². The summed E-state index contributed by atoms with van der Waals surface area (Å²) in [7, 11) is 3.40. The number of methoxy groups -OCH3 is 1. The first-order chi connectivity index (χ1) is 12.6. The molecule has 0 bridgehead atoms. The van der Waals surface area contributed by atoms with E-state index in [4.69, 9.17) is 9.47 Å². The highest BCUT2D eigenvalue weighted by Crippen LogP contribution is 2.18. The lowest BCUT2D eigenvalue weighted by Gasteiger charge is -2.22. The van der Waals surface area contributed by atoms with Crippen molar-refractivity contribution in [1.82, 2.24) is 10.2 Å². The monoisotopic (exact) mass is 371 g/mol. The van der Waals surface area contributed by atoms with Crippen molar-refractivity contribution in [2.24, 2.45) is 10.9 Å². The molecule has 1 unspecified atom stereocenters. The number of aliphatic imine (C=N–C) groups is 1. The van der Waals surface area contributed by atoms with Gasteiger partial charge in [-0.15, -0.1) is 0 Å². The molecule has 0 radical (unpaired) electrons. The number of alkyl halides is 2. The van der Waals surface area contributed by atoms with Gasteiger partial charge in [-0.2, -0.15) is 8.78 Å². The van der Waals surface area contributed by atoms with E-state index in [0.717, 1.165) is 31.0 Å². The highest BCUT2D eigenvalue weighted by molar-refractivity contribution is 5.80. The Morgan fingerprint density at radius 3 is 2.96 bits per heavy atom. The van der Waals surface area contributed by atoms with Gasteiger partial charge in [0.05, 0.1) is 19.8 Å². The normalized spacial score (nSPS) is 17.8. The van der Waals surface area contributed by atoms with Crippen LogP contribution in [0.4, 0.5) is 8.78 Å². The number of guanidine groups is 1. The molecule has 8 heteroatoms. The largest absolute Gasteiger partial charge is 0.435 e. The Labute approximate surface area is 153 Å². The quantitative estimate of drug-likeness (QED) is 0.410. The molecule has 1 aliphatic rings. The summed E-state index contributed by atoms with van der Waals surface area (Å²) in [6.45, 7) is 1.37. The van der Waals surface area contributed by atoms with E-state index in [0.29, 0.717) is 32.3 Å². The van der Waals surface area contributed by atoms with Crippen LogP contribution in [0, 0.1) is 5.92 Å². The van der Waals surface area contributed by atoms with E-state index in [1.54, 1.807) is 26.3 Å². The number of benzene rings is 1. The number of hydrogen-bond donors (Lipinski definition) is 1. The summed E-state index contributed by atoms with van der Waals surface area (Å²) < 4.78 is 39.6. The van der Waals surface area contributed by atoms with Crippen LogP contribution in [0.5, 0.6) is 5.75 Å². The minimum Gasteiger partial charge on any atom is -0.435 e. The number of halogens is 2. The number of nitrogens with zero attached hydrogens (tertiary/aromatic N) is 2. The maximum atomic E-state index is 12.3. The van der Waals surface area contributed by atoms with Crippen LogP contribution < -0.4 is 10.1 Å². The fourth-order valence-corrected chi connectivity index (χ4v) is 2.90.